The van der Waals surface area contributed by atoms with Crippen LogP contribution in [0.2, 0.25) is 0 Å². The quantitative estimate of drug-likeness (QED) is 0.233. The molecule has 0 radical (unpaired) electrons. The van der Waals surface area contributed by atoms with Gasteiger partial charge in [0, 0.05) is 37.0 Å². The molecule has 7 nitrogen and oxygen atoms in total. The van der Waals surface area contributed by atoms with Crippen molar-refractivity contribution in [3.05, 3.63) is 36.2 Å². The Kier molecular flexibility index (Phi) is 12.6. The number of imidazole rings is 1. The summed E-state index contributed by atoms with van der Waals surface area (Å²) in [6, 6.07) is 9.82. The second-order valence-corrected chi connectivity index (χ2v) is 9.19. The summed E-state index contributed by atoms with van der Waals surface area (Å²) < 4.78 is 27.2. The lowest BCUT2D eigenvalue weighted by Gasteiger charge is -2.12. The monoisotopic (exact) mass is 521 g/mol. The molecule has 1 amide bonds. The number of anilines is 3. The highest BCUT2D eigenvalue weighted by Crippen LogP contribution is 2.40. The Labute approximate surface area is 216 Å². The van der Waals surface area contributed by atoms with Gasteiger partial charge >= 0.3 is 0 Å². The van der Waals surface area contributed by atoms with Crippen LogP contribution in [0.25, 0.3) is 11.2 Å². The number of ether oxygens (including phenoxy) is 1. The summed E-state index contributed by atoms with van der Waals surface area (Å²) in [4.78, 5) is 23.6. The van der Waals surface area contributed by atoms with Gasteiger partial charge in [-0.15, -0.1) is 11.8 Å². The van der Waals surface area contributed by atoms with Crippen LogP contribution in [0, 0.1) is 6.92 Å². The van der Waals surface area contributed by atoms with Gasteiger partial charge < -0.3 is 20.4 Å². The number of unbranched alkanes of at least 4 members (excludes halogenated alkanes) is 1. The Morgan fingerprint density at radius 1 is 1.11 bits per heavy atom. The van der Waals surface area contributed by atoms with Crippen LogP contribution >= 0.6 is 11.8 Å². The number of amides is 1. The topological polar surface area (TPSA) is 91.9 Å². The van der Waals surface area contributed by atoms with E-state index in [1.54, 1.807) is 17.8 Å². The minimum Gasteiger partial charge on any atom is -0.381 e. The largest absolute Gasteiger partial charge is 0.381 e. The molecule has 0 atom stereocenters. The van der Waals surface area contributed by atoms with E-state index in [-0.39, 0.29) is 12.8 Å². The number of carbonyl (C=O) groups excluding carboxylic acids is 1. The van der Waals surface area contributed by atoms with E-state index >= 15 is 0 Å². The summed E-state index contributed by atoms with van der Waals surface area (Å²) in [5.41, 5.74) is 3.18. The molecule has 0 bridgehead atoms. The van der Waals surface area contributed by atoms with Gasteiger partial charge in [-0.3, -0.25) is 4.79 Å². The normalized spacial score (nSPS) is 14.8. The third kappa shape index (κ3) is 10.5. The maximum Gasteiger partial charge on any atom is 0.248 e. The fraction of sp³-hybridized carbons (Fsp3) is 0.500. The first-order valence-electron chi connectivity index (χ1n) is 12.3. The Bertz CT molecular complexity index is 1060. The molecule has 1 aliphatic heterocycles. The number of carbonyl (C=O) groups is 1. The van der Waals surface area contributed by atoms with Crippen LogP contribution in [0.15, 0.2) is 35.2 Å². The van der Waals surface area contributed by atoms with Crippen molar-refractivity contribution in [3.8, 4) is 0 Å². The van der Waals surface area contributed by atoms with Crippen LogP contribution in [-0.2, 0) is 9.53 Å². The Hall–Kier alpha value is -2.72. The highest BCUT2D eigenvalue weighted by molar-refractivity contribution is 7.98. The molecule has 3 aromatic rings. The van der Waals surface area contributed by atoms with Gasteiger partial charge in [0.25, 0.3) is 0 Å². The first-order valence-corrected chi connectivity index (χ1v) is 13.5. The molecule has 36 heavy (non-hydrogen) atoms. The Morgan fingerprint density at radius 3 is 2.25 bits per heavy atom. The number of fused-ring (bicyclic) bond motifs is 1. The molecule has 3 N–H and O–H groups in total. The third-order valence-electron chi connectivity index (χ3n) is 5.12. The molecule has 5 rings (SSSR count). The third-order valence-corrected chi connectivity index (χ3v) is 5.91. The average molecular weight is 522 g/mol. The van der Waals surface area contributed by atoms with E-state index in [0.29, 0.717) is 17.9 Å². The summed E-state index contributed by atoms with van der Waals surface area (Å²) in [5, 5.41) is 5.96. The fourth-order valence-electron chi connectivity index (χ4n) is 2.83. The molecule has 2 aromatic heterocycles. The highest BCUT2D eigenvalue weighted by atomic mass is 32.2. The number of alkyl halides is 2. The van der Waals surface area contributed by atoms with Crippen LogP contribution < -0.4 is 10.6 Å². The predicted molar refractivity (Wildman–Crippen MR) is 145 cm³/mol. The van der Waals surface area contributed by atoms with E-state index in [1.165, 1.54) is 25.7 Å². The highest BCUT2D eigenvalue weighted by Gasteiger charge is 2.43. The standard InChI is InChI=1S/C15H15N5OS.C4H8O.C4H10.C3H4F2/c1-9-17-14-11(7-13(16-8-21)20-15(14)18-9)19-10-5-3-4-6-12(10)22-2;1-2-4-5-3-1;1-3-4-2;4-3(5)1-2-3/h3-8H,1-2H3,(H3,16,17,18,19,20,21);1-4H2;3-4H2,1-2H3;1-2H2. The number of hydrogen-bond donors (Lipinski definition) is 3. The summed E-state index contributed by atoms with van der Waals surface area (Å²) in [5.74, 6) is -1.02. The fourth-order valence-corrected chi connectivity index (χ4v) is 3.39. The summed E-state index contributed by atoms with van der Waals surface area (Å²) >= 11 is 1.66. The van der Waals surface area contributed by atoms with E-state index in [1.807, 2.05) is 37.4 Å². The van der Waals surface area contributed by atoms with Gasteiger partial charge in [0.2, 0.25) is 12.3 Å². The molecule has 2 fully saturated rings. The number of para-hydroxylation sites is 1. The van der Waals surface area contributed by atoms with Crippen molar-refractivity contribution in [2.75, 3.05) is 30.1 Å². The van der Waals surface area contributed by atoms with Crippen molar-refractivity contribution in [1.82, 2.24) is 15.0 Å². The molecule has 2 aliphatic rings. The van der Waals surface area contributed by atoms with Gasteiger partial charge in [0.15, 0.2) is 5.65 Å². The molecule has 1 saturated heterocycles. The number of aromatic amines is 1. The van der Waals surface area contributed by atoms with Gasteiger partial charge in [-0.2, -0.15) is 0 Å². The lowest BCUT2D eigenvalue weighted by Crippen LogP contribution is -2.00. The Balaban J connectivity index is 0.000000263. The van der Waals surface area contributed by atoms with Crippen molar-refractivity contribution < 1.29 is 18.3 Å². The number of nitrogens with one attached hydrogen (secondary N) is 3. The first-order chi connectivity index (χ1) is 17.3. The lowest BCUT2D eigenvalue weighted by atomic mass is 10.2. The number of benzene rings is 1. The number of halogens is 2. The Morgan fingerprint density at radius 2 is 1.75 bits per heavy atom. The van der Waals surface area contributed by atoms with Crippen LogP contribution in [0.3, 0.4) is 0 Å². The van der Waals surface area contributed by atoms with Gasteiger partial charge in [-0.1, -0.05) is 38.8 Å². The summed E-state index contributed by atoms with van der Waals surface area (Å²) in [7, 11) is 0. The van der Waals surface area contributed by atoms with Gasteiger partial charge in [0.05, 0.1) is 11.4 Å². The number of rotatable bonds is 6. The van der Waals surface area contributed by atoms with Gasteiger partial charge in [-0.25, -0.2) is 18.7 Å². The second-order valence-electron chi connectivity index (χ2n) is 8.34. The first kappa shape index (κ1) is 29.5. The number of hydrogen-bond acceptors (Lipinski definition) is 6. The van der Waals surface area contributed by atoms with E-state index in [4.69, 9.17) is 4.74 Å². The van der Waals surface area contributed by atoms with Crippen LogP contribution in [-0.4, -0.2) is 46.8 Å². The molecular formula is C26H37F2N5O2S. The van der Waals surface area contributed by atoms with Crippen molar-refractivity contribution in [2.45, 2.75) is 70.1 Å². The minimum absolute atomic E-state index is 0.118. The lowest BCUT2D eigenvalue weighted by molar-refractivity contribution is -0.105. The van der Waals surface area contributed by atoms with Gasteiger partial charge in [-0.05, 0) is 38.2 Å². The predicted octanol–water partition coefficient (Wildman–Crippen LogP) is 7.32. The number of nitrogens with zero attached hydrogens (tertiary/aromatic N) is 2. The average Bonchev–Trinajstić information content (AvgIpc) is 3.27. The second kappa shape index (κ2) is 15.4. The zero-order valence-electron chi connectivity index (χ0n) is 21.5. The molecule has 3 heterocycles. The molecule has 0 spiro atoms. The maximum atomic E-state index is 11.1. The van der Waals surface area contributed by atoms with Crippen molar-refractivity contribution in [3.63, 3.8) is 0 Å². The number of aromatic nitrogens is 3. The van der Waals surface area contributed by atoms with E-state index in [9.17, 15) is 13.6 Å². The van der Waals surface area contributed by atoms with E-state index < -0.39 is 5.92 Å². The smallest absolute Gasteiger partial charge is 0.248 e. The summed E-state index contributed by atoms with van der Waals surface area (Å²) in [6.45, 7) is 8.23. The zero-order chi connectivity index (χ0) is 26.4. The zero-order valence-corrected chi connectivity index (χ0v) is 22.3. The van der Waals surface area contributed by atoms with Crippen LogP contribution in [0.5, 0.6) is 0 Å². The molecule has 1 aliphatic carbocycles. The molecule has 0 unspecified atom stereocenters. The molecule has 1 aromatic carbocycles. The number of thioether (sulfide) groups is 1. The van der Waals surface area contributed by atoms with E-state index in [2.05, 4.69) is 39.4 Å². The van der Waals surface area contributed by atoms with Crippen molar-refractivity contribution in [2.24, 2.45) is 0 Å². The van der Waals surface area contributed by atoms with Crippen molar-refractivity contribution in [1.29, 1.82) is 0 Å². The molecule has 198 valence electrons. The van der Waals surface area contributed by atoms with Crippen molar-refractivity contribution >= 4 is 46.5 Å². The molecular weight excluding hydrogens is 484 g/mol. The number of pyridine rings is 1. The molecule has 1 saturated carbocycles. The summed E-state index contributed by atoms with van der Waals surface area (Å²) in [6.07, 6.45) is 8.07. The molecule has 10 heteroatoms. The minimum atomic E-state index is -2.25. The van der Waals surface area contributed by atoms with Gasteiger partial charge in [0.1, 0.15) is 17.2 Å². The number of aryl methyl sites for hydroxylation is 1. The van der Waals surface area contributed by atoms with Crippen LogP contribution in [0.4, 0.5) is 26.0 Å². The van der Waals surface area contributed by atoms with E-state index in [0.717, 1.165) is 40.8 Å². The SMILES string of the molecule is C1CCOC1.CCCC.CSc1ccccc1Nc1cc(NC=O)nc2nc(C)[nH]c12.FC1(F)CC1. The number of H-pyrrole nitrogens is 1. The maximum absolute atomic E-state index is 11.1. The van der Waals surface area contributed by atoms with Crippen LogP contribution in [0.1, 0.15) is 58.2 Å².